The average Bonchev–Trinajstić information content (AvgIpc) is 2.61. The molecule has 0 radical (unpaired) electrons. The van der Waals surface area contributed by atoms with Gasteiger partial charge in [-0.25, -0.2) is 0 Å². The van der Waals surface area contributed by atoms with Gasteiger partial charge in [0.05, 0.1) is 12.0 Å². The molecule has 0 aromatic heterocycles. The summed E-state index contributed by atoms with van der Waals surface area (Å²) in [7, 11) is -1.02. The molecule has 3 N–H and O–H groups in total. The van der Waals surface area contributed by atoms with Crippen molar-refractivity contribution >= 4 is 29.1 Å². The molecule has 0 fully saturated rings. The number of amides is 1. The van der Waals surface area contributed by atoms with E-state index in [9.17, 15) is 9.00 Å². The summed E-state index contributed by atoms with van der Waals surface area (Å²) in [6.45, 7) is 1.82. The summed E-state index contributed by atoms with van der Waals surface area (Å²) in [6.07, 6.45) is 1.64. The van der Waals surface area contributed by atoms with E-state index in [4.69, 9.17) is 5.73 Å². The largest absolute Gasteiger partial charge is 0.348 e. The second kappa shape index (κ2) is 10.3. The standard InChI is InChI=1S/C19H24N2O2S.ClH/c1-14(18(20)16-11-7-4-8-12-16)19(22)21-17(13-24(2)23)15-9-5-3-6-10-15;/h3-12,14,17-18H,13,20H2,1-2H3,(H,21,22);1H. The highest BCUT2D eigenvalue weighted by Crippen LogP contribution is 2.21. The lowest BCUT2D eigenvalue weighted by Crippen LogP contribution is -2.39. The molecule has 2 aromatic carbocycles. The minimum absolute atomic E-state index is 0. The summed E-state index contributed by atoms with van der Waals surface area (Å²) in [6, 6.07) is 18.5. The van der Waals surface area contributed by atoms with Crippen LogP contribution in [-0.4, -0.2) is 22.1 Å². The van der Waals surface area contributed by atoms with Crippen LogP contribution in [0.4, 0.5) is 0 Å². The van der Waals surface area contributed by atoms with Crippen LogP contribution in [0.2, 0.25) is 0 Å². The van der Waals surface area contributed by atoms with E-state index in [-0.39, 0.29) is 36.3 Å². The van der Waals surface area contributed by atoms with Crippen LogP contribution in [0.1, 0.15) is 30.1 Å². The number of nitrogens with two attached hydrogens (primary N) is 1. The molecule has 4 unspecified atom stereocenters. The van der Waals surface area contributed by atoms with Crippen LogP contribution in [-0.2, 0) is 15.6 Å². The van der Waals surface area contributed by atoms with Crippen molar-refractivity contribution in [2.45, 2.75) is 19.0 Å². The lowest BCUT2D eigenvalue weighted by atomic mass is 9.94. The topological polar surface area (TPSA) is 72.2 Å². The number of rotatable bonds is 7. The maximum absolute atomic E-state index is 12.6. The number of halogens is 1. The first-order chi connectivity index (χ1) is 11.5. The molecular formula is C19H25ClN2O2S. The van der Waals surface area contributed by atoms with Gasteiger partial charge in [-0.15, -0.1) is 12.4 Å². The Kier molecular flexibility index (Phi) is 8.83. The smallest absolute Gasteiger partial charge is 0.225 e. The second-order valence-corrected chi connectivity index (χ2v) is 7.42. The first-order valence-corrected chi connectivity index (χ1v) is 9.67. The van der Waals surface area contributed by atoms with Crippen LogP contribution in [0.25, 0.3) is 0 Å². The van der Waals surface area contributed by atoms with Crippen LogP contribution < -0.4 is 11.1 Å². The Bertz CT molecular complexity index is 682. The van der Waals surface area contributed by atoms with Gasteiger partial charge < -0.3 is 11.1 Å². The molecule has 2 rings (SSSR count). The van der Waals surface area contributed by atoms with Crippen molar-refractivity contribution in [3.63, 3.8) is 0 Å². The Hall–Kier alpha value is -1.69. The minimum atomic E-state index is -1.02. The molecule has 0 bridgehead atoms. The SMILES string of the molecule is CC(C(=O)NC(CS(C)=O)c1ccccc1)C(N)c1ccccc1.Cl. The van der Waals surface area contributed by atoms with E-state index < -0.39 is 10.8 Å². The fourth-order valence-corrected chi connectivity index (χ4v) is 3.32. The minimum Gasteiger partial charge on any atom is -0.348 e. The van der Waals surface area contributed by atoms with E-state index in [1.54, 1.807) is 6.26 Å². The van der Waals surface area contributed by atoms with E-state index in [2.05, 4.69) is 5.32 Å². The van der Waals surface area contributed by atoms with Crippen molar-refractivity contribution < 1.29 is 9.00 Å². The third-order valence-corrected chi connectivity index (χ3v) is 4.86. The molecule has 1 amide bonds. The maximum Gasteiger partial charge on any atom is 0.225 e. The molecule has 0 saturated heterocycles. The predicted molar refractivity (Wildman–Crippen MR) is 106 cm³/mol. The lowest BCUT2D eigenvalue weighted by molar-refractivity contribution is -0.125. The van der Waals surface area contributed by atoms with E-state index in [0.717, 1.165) is 11.1 Å². The summed E-state index contributed by atoms with van der Waals surface area (Å²) in [5.41, 5.74) is 8.11. The fraction of sp³-hybridized carbons (Fsp3) is 0.316. The zero-order valence-corrected chi connectivity index (χ0v) is 16.1. The first kappa shape index (κ1) is 21.4. The van der Waals surface area contributed by atoms with Gasteiger partial charge in [-0.3, -0.25) is 9.00 Å². The van der Waals surface area contributed by atoms with Crippen LogP contribution in [0.5, 0.6) is 0 Å². The molecular weight excluding hydrogens is 356 g/mol. The molecule has 0 spiro atoms. The first-order valence-electron chi connectivity index (χ1n) is 7.95. The number of hydrogen-bond donors (Lipinski definition) is 2. The normalized spacial score (nSPS) is 15.3. The molecule has 0 saturated carbocycles. The zero-order valence-electron chi connectivity index (χ0n) is 14.4. The van der Waals surface area contributed by atoms with Crippen LogP contribution in [0, 0.1) is 5.92 Å². The number of nitrogens with one attached hydrogen (secondary N) is 1. The maximum atomic E-state index is 12.6. The van der Waals surface area contributed by atoms with Crippen molar-refractivity contribution in [1.82, 2.24) is 5.32 Å². The van der Waals surface area contributed by atoms with E-state index in [1.807, 2.05) is 67.6 Å². The lowest BCUT2D eigenvalue weighted by Gasteiger charge is -2.24. The van der Waals surface area contributed by atoms with Crippen LogP contribution in [0.15, 0.2) is 60.7 Å². The van der Waals surface area contributed by atoms with Gasteiger partial charge in [0.1, 0.15) is 0 Å². The van der Waals surface area contributed by atoms with Crippen molar-refractivity contribution in [1.29, 1.82) is 0 Å². The fourth-order valence-electron chi connectivity index (χ4n) is 2.57. The van der Waals surface area contributed by atoms with E-state index in [0.29, 0.717) is 5.75 Å². The Morgan fingerprint density at radius 1 is 1.04 bits per heavy atom. The monoisotopic (exact) mass is 380 g/mol. The Morgan fingerprint density at radius 2 is 1.52 bits per heavy atom. The third kappa shape index (κ3) is 6.27. The molecule has 2 aromatic rings. The van der Waals surface area contributed by atoms with Crippen LogP contribution in [0.3, 0.4) is 0 Å². The molecule has 0 aliphatic heterocycles. The van der Waals surface area contributed by atoms with Crippen molar-refractivity contribution in [2.24, 2.45) is 11.7 Å². The molecule has 6 heteroatoms. The number of hydrogen-bond acceptors (Lipinski definition) is 3. The van der Waals surface area contributed by atoms with Crippen molar-refractivity contribution in [3.8, 4) is 0 Å². The molecule has 0 aliphatic rings. The summed E-state index contributed by atoms with van der Waals surface area (Å²) in [5, 5.41) is 3.00. The van der Waals surface area contributed by atoms with Gasteiger partial charge >= 0.3 is 0 Å². The quantitative estimate of drug-likeness (QED) is 0.775. The van der Waals surface area contributed by atoms with Gasteiger partial charge in [0, 0.05) is 28.9 Å². The molecule has 0 heterocycles. The number of benzene rings is 2. The van der Waals surface area contributed by atoms with Gasteiger partial charge in [-0.05, 0) is 11.1 Å². The molecule has 25 heavy (non-hydrogen) atoms. The van der Waals surface area contributed by atoms with E-state index >= 15 is 0 Å². The van der Waals surface area contributed by atoms with Crippen molar-refractivity contribution in [2.75, 3.05) is 12.0 Å². The Labute approximate surface area is 158 Å². The summed E-state index contributed by atoms with van der Waals surface area (Å²) >= 11 is 0. The summed E-state index contributed by atoms with van der Waals surface area (Å²) in [4.78, 5) is 12.6. The Morgan fingerprint density at radius 3 is 2.00 bits per heavy atom. The van der Waals surface area contributed by atoms with Gasteiger partial charge in [0.25, 0.3) is 0 Å². The highest BCUT2D eigenvalue weighted by atomic mass is 35.5. The predicted octanol–water partition coefficient (Wildman–Crippen LogP) is 2.98. The third-order valence-electron chi connectivity index (χ3n) is 4.06. The molecule has 4 atom stereocenters. The molecule has 136 valence electrons. The molecule has 4 nitrogen and oxygen atoms in total. The van der Waals surface area contributed by atoms with Gasteiger partial charge in [-0.2, -0.15) is 0 Å². The highest BCUT2D eigenvalue weighted by molar-refractivity contribution is 7.84. The van der Waals surface area contributed by atoms with Gasteiger partial charge in [-0.1, -0.05) is 67.6 Å². The number of carbonyl (C=O) groups excluding carboxylic acids is 1. The zero-order chi connectivity index (χ0) is 17.5. The highest BCUT2D eigenvalue weighted by Gasteiger charge is 2.25. The van der Waals surface area contributed by atoms with Gasteiger partial charge in [0.2, 0.25) is 5.91 Å². The molecule has 0 aliphatic carbocycles. The second-order valence-electron chi connectivity index (χ2n) is 5.94. The van der Waals surface area contributed by atoms with Crippen molar-refractivity contribution in [3.05, 3.63) is 71.8 Å². The van der Waals surface area contributed by atoms with Crippen LogP contribution >= 0.6 is 12.4 Å². The Balaban J connectivity index is 0.00000312. The summed E-state index contributed by atoms with van der Waals surface area (Å²) < 4.78 is 11.7. The van der Waals surface area contributed by atoms with Gasteiger partial charge in [0.15, 0.2) is 0 Å². The summed E-state index contributed by atoms with van der Waals surface area (Å²) in [5.74, 6) is -0.141. The number of carbonyl (C=O) groups is 1. The van der Waals surface area contributed by atoms with E-state index in [1.165, 1.54) is 0 Å². The average molecular weight is 381 g/mol.